The Hall–Kier alpha value is -3.47. The predicted molar refractivity (Wildman–Crippen MR) is 140 cm³/mol. The first-order valence-electron chi connectivity index (χ1n) is 13.0. The monoisotopic (exact) mass is 545 g/mol. The number of pyridine rings is 1. The molecule has 1 aliphatic carbocycles. The molecule has 0 atom stereocenters. The van der Waals surface area contributed by atoms with E-state index in [1.165, 1.54) is 36.4 Å². The van der Waals surface area contributed by atoms with Gasteiger partial charge in [-0.3, -0.25) is 9.59 Å². The molecule has 1 heterocycles. The van der Waals surface area contributed by atoms with E-state index in [1.807, 2.05) is 4.72 Å². The second-order valence-corrected chi connectivity index (χ2v) is 10.9. The van der Waals surface area contributed by atoms with Crippen LogP contribution in [0, 0.1) is 0 Å². The highest BCUT2D eigenvalue weighted by molar-refractivity contribution is 7.90. The van der Waals surface area contributed by atoms with Crippen molar-refractivity contribution in [1.29, 1.82) is 0 Å². The molecule has 11 heteroatoms. The number of sulfonamides is 1. The van der Waals surface area contributed by atoms with Crippen LogP contribution >= 0.6 is 0 Å². The first kappa shape index (κ1) is 29.1. The standard InChI is InChI=1S/C27H35N3O7S/c1-3-5-17-30(18-6-4-2)26(32)20-11-14-23(15-12-20)38(34,35)29-25(31)21-13-16-24(28-19-21)37-27(33)36-22-9-7-8-10-22/h11-16,19,22H,3-10,17-18H2,1-2H3,(H,29,31). The summed E-state index contributed by atoms with van der Waals surface area (Å²) in [6.45, 7) is 5.40. The van der Waals surface area contributed by atoms with Gasteiger partial charge in [-0.15, -0.1) is 0 Å². The van der Waals surface area contributed by atoms with Gasteiger partial charge in [0.05, 0.1) is 10.5 Å². The van der Waals surface area contributed by atoms with Crippen LogP contribution in [-0.2, 0) is 14.8 Å². The Labute approximate surface area is 223 Å². The van der Waals surface area contributed by atoms with Crippen LogP contribution in [0.4, 0.5) is 4.79 Å². The zero-order chi connectivity index (χ0) is 27.5. The van der Waals surface area contributed by atoms with E-state index in [0.29, 0.717) is 18.7 Å². The molecule has 0 bridgehead atoms. The van der Waals surface area contributed by atoms with E-state index in [4.69, 9.17) is 9.47 Å². The number of nitrogens with zero attached hydrogens (tertiary/aromatic N) is 2. The van der Waals surface area contributed by atoms with Crippen molar-refractivity contribution in [2.24, 2.45) is 0 Å². The molecule has 38 heavy (non-hydrogen) atoms. The summed E-state index contributed by atoms with van der Waals surface area (Å²) in [5.41, 5.74) is 0.341. The summed E-state index contributed by atoms with van der Waals surface area (Å²) in [5, 5.41) is 0. The van der Waals surface area contributed by atoms with Crippen molar-refractivity contribution in [3.8, 4) is 5.88 Å². The van der Waals surface area contributed by atoms with Crippen LogP contribution in [0.2, 0.25) is 0 Å². The average Bonchev–Trinajstić information content (AvgIpc) is 3.41. The maximum Gasteiger partial charge on any atom is 0.515 e. The van der Waals surface area contributed by atoms with Gasteiger partial charge in [0.25, 0.3) is 21.8 Å². The molecule has 1 aromatic heterocycles. The van der Waals surface area contributed by atoms with Gasteiger partial charge in [-0.25, -0.2) is 22.9 Å². The Morgan fingerprint density at radius 2 is 1.55 bits per heavy atom. The Balaban J connectivity index is 1.59. The van der Waals surface area contributed by atoms with Crippen molar-refractivity contribution in [2.75, 3.05) is 13.1 Å². The summed E-state index contributed by atoms with van der Waals surface area (Å²) in [6, 6.07) is 8.06. The average molecular weight is 546 g/mol. The number of carbonyl (C=O) groups excluding carboxylic acids is 3. The minimum Gasteiger partial charge on any atom is -0.431 e. The Bertz CT molecular complexity index is 1180. The fraction of sp³-hybridized carbons (Fsp3) is 0.481. The molecule has 10 nitrogen and oxygen atoms in total. The molecular formula is C27H35N3O7S. The highest BCUT2D eigenvalue weighted by Gasteiger charge is 2.23. The van der Waals surface area contributed by atoms with Crippen LogP contribution in [0.15, 0.2) is 47.5 Å². The van der Waals surface area contributed by atoms with E-state index in [0.717, 1.165) is 57.6 Å². The van der Waals surface area contributed by atoms with E-state index < -0.39 is 22.1 Å². The van der Waals surface area contributed by atoms with Crippen LogP contribution in [0.1, 0.15) is 85.9 Å². The molecule has 206 valence electrons. The number of hydrogen-bond acceptors (Lipinski definition) is 8. The molecule has 0 unspecified atom stereocenters. The molecule has 3 rings (SSSR count). The van der Waals surface area contributed by atoms with Gasteiger partial charge >= 0.3 is 6.16 Å². The topological polar surface area (TPSA) is 132 Å². The second kappa shape index (κ2) is 13.9. The zero-order valence-electron chi connectivity index (χ0n) is 21.9. The lowest BCUT2D eigenvalue weighted by molar-refractivity contribution is 0.0600. The van der Waals surface area contributed by atoms with Gasteiger partial charge < -0.3 is 14.4 Å². The van der Waals surface area contributed by atoms with Crippen LogP contribution in [-0.4, -0.2) is 55.5 Å². The number of ether oxygens (including phenoxy) is 2. The van der Waals surface area contributed by atoms with Crippen molar-refractivity contribution in [3.63, 3.8) is 0 Å². The lowest BCUT2D eigenvalue weighted by Crippen LogP contribution is -2.33. The molecule has 1 aliphatic rings. The van der Waals surface area contributed by atoms with Gasteiger partial charge in [0.2, 0.25) is 5.88 Å². The molecule has 1 fully saturated rings. The van der Waals surface area contributed by atoms with Gasteiger partial charge in [0, 0.05) is 30.9 Å². The fourth-order valence-electron chi connectivity index (χ4n) is 4.04. The largest absolute Gasteiger partial charge is 0.515 e. The third kappa shape index (κ3) is 8.27. The van der Waals surface area contributed by atoms with Crippen molar-refractivity contribution in [2.45, 2.75) is 76.2 Å². The SMILES string of the molecule is CCCCN(CCCC)C(=O)c1ccc(S(=O)(=O)NC(=O)c2ccc(OC(=O)OC3CCCC3)nc2)cc1. The minimum atomic E-state index is -4.20. The van der Waals surface area contributed by atoms with E-state index in [1.54, 1.807) is 4.90 Å². The number of unbranched alkanes of at least 4 members (excludes halogenated alkanes) is 2. The zero-order valence-corrected chi connectivity index (χ0v) is 22.7. The first-order valence-corrected chi connectivity index (χ1v) is 14.5. The Morgan fingerprint density at radius 1 is 0.947 bits per heavy atom. The predicted octanol–water partition coefficient (Wildman–Crippen LogP) is 4.70. The fourth-order valence-corrected chi connectivity index (χ4v) is 5.01. The number of hydrogen-bond donors (Lipinski definition) is 1. The first-order chi connectivity index (χ1) is 18.2. The highest BCUT2D eigenvalue weighted by Crippen LogP contribution is 2.22. The molecule has 2 amide bonds. The van der Waals surface area contributed by atoms with Crippen LogP contribution in [0.5, 0.6) is 5.88 Å². The van der Waals surface area contributed by atoms with Crippen LogP contribution < -0.4 is 9.46 Å². The van der Waals surface area contributed by atoms with E-state index in [9.17, 15) is 22.8 Å². The summed E-state index contributed by atoms with van der Waals surface area (Å²) >= 11 is 0. The lowest BCUT2D eigenvalue weighted by atomic mass is 10.1. The second-order valence-electron chi connectivity index (χ2n) is 9.22. The Kier molecular flexibility index (Phi) is 10.6. The number of rotatable bonds is 12. The van der Waals surface area contributed by atoms with Gasteiger partial charge in [0.1, 0.15) is 6.10 Å². The number of carbonyl (C=O) groups is 3. The number of benzene rings is 1. The maximum absolute atomic E-state index is 12.9. The van der Waals surface area contributed by atoms with Gasteiger partial charge in [-0.1, -0.05) is 26.7 Å². The number of amides is 2. The van der Waals surface area contributed by atoms with Crippen molar-refractivity contribution in [3.05, 3.63) is 53.7 Å². The summed E-state index contributed by atoms with van der Waals surface area (Å²) < 4.78 is 37.7. The molecule has 0 radical (unpaired) electrons. The molecule has 1 saturated carbocycles. The quantitative estimate of drug-likeness (QED) is 0.380. The normalized spacial score (nSPS) is 13.6. The Morgan fingerprint density at radius 3 is 2.11 bits per heavy atom. The molecule has 2 aromatic rings. The lowest BCUT2D eigenvalue weighted by Gasteiger charge is -2.22. The third-order valence-electron chi connectivity index (χ3n) is 6.24. The smallest absolute Gasteiger partial charge is 0.431 e. The van der Waals surface area contributed by atoms with Crippen molar-refractivity contribution >= 4 is 28.0 Å². The van der Waals surface area contributed by atoms with Gasteiger partial charge in [-0.05, 0) is 68.9 Å². The van der Waals surface area contributed by atoms with Crippen LogP contribution in [0.25, 0.3) is 0 Å². The molecular weight excluding hydrogens is 510 g/mol. The summed E-state index contributed by atoms with van der Waals surface area (Å²) in [5.74, 6) is -1.12. The van der Waals surface area contributed by atoms with E-state index >= 15 is 0 Å². The van der Waals surface area contributed by atoms with Crippen molar-refractivity contribution in [1.82, 2.24) is 14.6 Å². The van der Waals surface area contributed by atoms with Crippen molar-refractivity contribution < 1.29 is 32.3 Å². The van der Waals surface area contributed by atoms with Crippen LogP contribution in [0.3, 0.4) is 0 Å². The third-order valence-corrected chi connectivity index (χ3v) is 7.59. The van der Waals surface area contributed by atoms with Gasteiger partial charge in [0.15, 0.2) is 0 Å². The molecule has 0 spiro atoms. The molecule has 0 saturated heterocycles. The number of aromatic nitrogens is 1. The highest BCUT2D eigenvalue weighted by atomic mass is 32.2. The number of nitrogens with one attached hydrogen (secondary N) is 1. The molecule has 1 aromatic carbocycles. The molecule has 1 N–H and O–H groups in total. The summed E-state index contributed by atoms with van der Waals surface area (Å²) in [4.78, 5) is 42.8. The van der Waals surface area contributed by atoms with Gasteiger partial charge in [-0.2, -0.15) is 0 Å². The van der Waals surface area contributed by atoms with E-state index in [-0.39, 0.29) is 28.4 Å². The maximum atomic E-state index is 12.9. The summed E-state index contributed by atoms with van der Waals surface area (Å²) in [7, 11) is -4.20. The summed E-state index contributed by atoms with van der Waals surface area (Å²) in [6.07, 6.45) is 7.37. The molecule has 0 aliphatic heterocycles. The minimum absolute atomic E-state index is 0.0422. The van der Waals surface area contributed by atoms with E-state index in [2.05, 4.69) is 18.8 Å².